The van der Waals surface area contributed by atoms with Crippen LogP contribution in [0.4, 0.5) is 5.69 Å². The minimum Gasteiger partial charge on any atom is -0.454 e. The van der Waals surface area contributed by atoms with Crippen LogP contribution in [0.5, 0.6) is 11.5 Å². The molecule has 0 aliphatic carbocycles. The molecule has 0 atom stereocenters. The third-order valence-electron chi connectivity index (χ3n) is 3.08. The summed E-state index contributed by atoms with van der Waals surface area (Å²) < 4.78 is 10.5. The van der Waals surface area contributed by atoms with E-state index in [1.807, 2.05) is 12.1 Å². The lowest BCUT2D eigenvalue weighted by Gasteiger charge is -2.06. The van der Waals surface area contributed by atoms with Gasteiger partial charge in [0.05, 0.1) is 0 Å². The van der Waals surface area contributed by atoms with Crippen molar-refractivity contribution < 1.29 is 14.3 Å². The number of amides is 1. The Morgan fingerprint density at radius 2 is 1.85 bits per heavy atom. The second kappa shape index (κ2) is 5.22. The molecule has 0 radical (unpaired) electrons. The van der Waals surface area contributed by atoms with Crippen LogP contribution in [0.2, 0.25) is 0 Å². The lowest BCUT2D eigenvalue weighted by atomic mass is 10.1. The molecular formula is C15H14N2O3. The molecule has 3 rings (SSSR count). The number of carbonyl (C=O) groups is 1. The average molecular weight is 270 g/mol. The number of fused-ring (bicyclic) bond motifs is 1. The maximum Gasteiger partial charge on any atom is 0.255 e. The van der Waals surface area contributed by atoms with Gasteiger partial charge in [0.1, 0.15) is 0 Å². The van der Waals surface area contributed by atoms with Gasteiger partial charge in [0.15, 0.2) is 11.5 Å². The first-order valence-electron chi connectivity index (χ1n) is 6.26. The fraction of sp³-hybridized carbons (Fsp3) is 0.133. The lowest BCUT2D eigenvalue weighted by Crippen LogP contribution is -2.12. The summed E-state index contributed by atoms with van der Waals surface area (Å²) in [6, 6.07) is 12.5. The maximum absolute atomic E-state index is 12.1. The van der Waals surface area contributed by atoms with Gasteiger partial charge in [0, 0.05) is 23.9 Å². The van der Waals surface area contributed by atoms with Crippen LogP contribution in [0.25, 0.3) is 0 Å². The number of anilines is 1. The van der Waals surface area contributed by atoms with Gasteiger partial charge < -0.3 is 20.5 Å². The van der Waals surface area contributed by atoms with Gasteiger partial charge in [0.2, 0.25) is 6.79 Å². The molecule has 3 N–H and O–H groups in total. The van der Waals surface area contributed by atoms with Crippen molar-refractivity contribution in [1.29, 1.82) is 0 Å². The summed E-state index contributed by atoms with van der Waals surface area (Å²) in [5, 5.41) is 2.82. The summed E-state index contributed by atoms with van der Waals surface area (Å²) in [5.41, 5.74) is 7.77. The van der Waals surface area contributed by atoms with Crippen molar-refractivity contribution in [3.05, 3.63) is 53.6 Å². The first-order valence-corrected chi connectivity index (χ1v) is 6.26. The van der Waals surface area contributed by atoms with E-state index in [9.17, 15) is 4.79 Å². The van der Waals surface area contributed by atoms with E-state index in [-0.39, 0.29) is 12.7 Å². The van der Waals surface area contributed by atoms with Crippen LogP contribution in [-0.4, -0.2) is 12.7 Å². The highest BCUT2D eigenvalue weighted by molar-refractivity contribution is 6.04. The van der Waals surface area contributed by atoms with Crippen LogP contribution in [0.3, 0.4) is 0 Å². The van der Waals surface area contributed by atoms with E-state index in [1.54, 1.807) is 30.3 Å². The number of rotatable bonds is 3. The topological polar surface area (TPSA) is 73.6 Å². The zero-order valence-electron chi connectivity index (χ0n) is 10.8. The second-order valence-corrected chi connectivity index (χ2v) is 4.42. The molecule has 5 nitrogen and oxygen atoms in total. The minimum atomic E-state index is -0.174. The van der Waals surface area contributed by atoms with E-state index in [0.29, 0.717) is 29.3 Å². The summed E-state index contributed by atoms with van der Waals surface area (Å²) in [4.78, 5) is 12.1. The molecular weight excluding hydrogens is 256 g/mol. The summed E-state index contributed by atoms with van der Waals surface area (Å²) in [7, 11) is 0. The third kappa shape index (κ3) is 2.44. The minimum absolute atomic E-state index is 0.174. The number of nitrogens with two attached hydrogens (primary N) is 1. The molecule has 1 aliphatic rings. The molecule has 0 bridgehead atoms. The quantitative estimate of drug-likeness (QED) is 0.896. The zero-order valence-corrected chi connectivity index (χ0v) is 10.8. The van der Waals surface area contributed by atoms with Crippen LogP contribution >= 0.6 is 0 Å². The Kier molecular flexibility index (Phi) is 3.26. The summed E-state index contributed by atoms with van der Waals surface area (Å²) in [5.74, 6) is 1.16. The maximum atomic E-state index is 12.1. The molecule has 0 fully saturated rings. The van der Waals surface area contributed by atoms with Gasteiger partial charge in [-0.15, -0.1) is 0 Å². The highest BCUT2D eigenvalue weighted by Crippen LogP contribution is 2.34. The number of ether oxygens (including phenoxy) is 2. The van der Waals surface area contributed by atoms with E-state index < -0.39 is 0 Å². The Morgan fingerprint density at radius 3 is 2.60 bits per heavy atom. The molecule has 1 amide bonds. The highest BCUT2D eigenvalue weighted by Gasteiger charge is 2.14. The predicted octanol–water partition coefficient (Wildman–Crippen LogP) is 2.13. The standard InChI is InChI=1S/C15H14N2O3/c16-8-10-1-3-11(4-2-10)15(18)17-12-5-6-13-14(7-12)20-9-19-13/h1-7H,8-9,16H2,(H,17,18). The first kappa shape index (κ1) is 12.5. The van der Waals surface area contributed by atoms with Gasteiger partial charge >= 0.3 is 0 Å². The van der Waals surface area contributed by atoms with Gasteiger partial charge in [-0.3, -0.25) is 4.79 Å². The first-order chi connectivity index (χ1) is 9.76. The van der Waals surface area contributed by atoms with E-state index in [4.69, 9.17) is 15.2 Å². The largest absolute Gasteiger partial charge is 0.454 e. The molecule has 2 aromatic carbocycles. The number of nitrogens with one attached hydrogen (secondary N) is 1. The van der Waals surface area contributed by atoms with Gasteiger partial charge in [-0.1, -0.05) is 12.1 Å². The van der Waals surface area contributed by atoms with Crippen LogP contribution in [0.1, 0.15) is 15.9 Å². The summed E-state index contributed by atoms with van der Waals surface area (Å²) in [6.07, 6.45) is 0. The Labute approximate surface area is 116 Å². The van der Waals surface area contributed by atoms with Crippen LogP contribution < -0.4 is 20.5 Å². The summed E-state index contributed by atoms with van der Waals surface area (Å²) >= 11 is 0. The fourth-order valence-electron chi connectivity index (χ4n) is 1.97. The van der Waals surface area contributed by atoms with Crippen molar-refractivity contribution in [2.24, 2.45) is 5.73 Å². The molecule has 0 spiro atoms. The average Bonchev–Trinajstić information content (AvgIpc) is 2.95. The predicted molar refractivity (Wildman–Crippen MR) is 74.9 cm³/mol. The van der Waals surface area contributed by atoms with Gasteiger partial charge in [-0.05, 0) is 29.8 Å². The van der Waals surface area contributed by atoms with Crippen molar-refractivity contribution in [3.63, 3.8) is 0 Å². The van der Waals surface area contributed by atoms with E-state index >= 15 is 0 Å². The number of hydrogen-bond donors (Lipinski definition) is 2. The molecule has 0 saturated carbocycles. The molecule has 1 aliphatic heterocycles. The molecule has 20 heavy (non-hydrogen) atoms. The lowest BCUT2D eigenvalue weighted by molar-refractivity contribution is 0.102. The SMILES string of the molecule is NCc1ccc(C(=O)Nc2ccc3c(c2)OCO3)cc1. The Balaban J connectivity index is 1.75. The molecule has 2 aromatic rings. The molecule has 102 valence electrons. The van der Waals surface area contributed by atoms with E-state index in [0.717, 1.165) is 5.56 Å². The third-order valence-corrected chi connectivity index (χ3v) is 3.08. The van der Waals surface area contributed by atoms with Gasteiger partial charge in [-0.25, -0.2) is 0 Å². The molecule has 5 heteroatoms. The smallest absolute Gasteiger partial charge is 0.255 e. The van der Waals surface area contributed by atoms with Crippen LogP contribution in [-0.2, 0) is 6.54 Å². The van der Waals surface area contributed by atoms with Crippen molar-refractivity contribution >= 4 is 11.6 Å². The van der Waals surface area contributed by atoms with Gasteiger partial charge in [0.25, 0.3) is 5.91 Å². The summed E-state index contributed by atoms with van der Waals surface area (Å²) in [6.45, 7) is 0.678. The normalized spacial score (nSPS) is 12.2. The van der Waals surface area contributed by atoms with Crippen molar-refractivity contribution in [3.8, 4) is 11.5 Å². The van der Waals surface area contributed by atoms with Crippen molar-refractivity contribution in [2.45, 2.75) is 6.54 Å². The highest BCUT2D eigenvalue weighted by atomic mass is 16.7. The van der Waals surface area contributed by atoms with Gasteiger partial charge in [-0.2, -0.15) is 0 Å². The zero-order chi connectivity index (χ0) is 13.9. The Morgan fingerprint density at radius 1 is 1.10 bits per heavy atom. The number of hydrogen-bond acceptors (Lipinski definition) is 4. The number of benzene rings is 2. The molecule has 0 aromatic heterocycles. The van der Waals surface area contributed by atoms with Crippen molar-refractivity contribution in [2.75, 3.05) is 12.1 Å². The monoisotopic (exact) mass is 270 g/mol. The second-order valence-electron chi connectivity index (χ2n) is 4.42. The van der Waals surface area contributed by atoms with E-state index in [2.05, 4.69) is 5.32 Å². The fourth-order valence-corrected chi connectivity index (χ4v) is 1.97. The molecule has 0 unspecified atom stereocenters. The van der Waals surface area contributed by atoms with E-state index in [1.165, 1.54) is 0 Å². The number of carbonyl (C=O) groups excluding carboxylic acids is 1. The van der Waals surface area contributed by atoms with Crippen LogP contribution in [0.15, 0.2) is 42.5 Å². The molecule has 0 saturated heterocycles. The molecule has 1 heterocycles. The van der Waals surface area contributed by atoms with Crippen molar-refractivity contribution in [1.82, 2.24) is 0 Å². The Bertz CT molecular complexity index is 638. The Hall–Kier alpha value is -2.53. The van der Waals surface area contributed by atoms with Crippen LogP contribution in [0, 0.1) is 0 Å².